The molecule has 0 aromatic heterocycles. The largest absolute Gasteiger partial charge is 2.00 e. The van der Waals surface area contributed by atoms with Crippen LogP contribution in [0.25, 0.3) is 0 Å². The van der Waals surface area contributed by atoms with Crippen LogP contribution in [-0.2, 0) is 9.53 Å². The van der Waals surface area contributed by atoms with Crippen LogP contribution in [0.3, 0.4) is 0 Å². The van der Waals surface area contributed by atoms with Gasteiger partial charge in [-0.05, 0) is 0 Å². The number of esters is 1. The van der Waals surface area contributed by atoms with Crippen LogP contribution in [0.15, 0.2) is 10.7 Å². The molecule has 0 aliphatic carbocycles. The second-order valence-corrected chi connectivity index (χ2v) is 1.83. The molecule has 0 bridgehead atoms. The Morgan fingerprint density at radius 1 is 1.58 bits per heavy atom. The van der Waals surface area contributed by atoms with Crippen molar-refractivity contribution in [3.8, 4) is 0 Å². The standard InChI is InChI=1S/C8H11NO2.U/c1-4-5-9-7(2)6-8(10)11-3;/h4H2,1-3H3;/q-2;+2. The van der Waals surface area contributed by atoms with Crippen LogP contribution >= 0.6 is 0 Å². The molecule has 64 valence electrons. The first-order valence-electron chi connectivity index (χ1n) is 3.32. The smallest absolute Gasteiger partial charge is 0.496 e. The summed E-state index contributed by atoms with van der Waals surface area (Å²) < 4.78 is 4.34. The number of hydrogen-bond acceptors (Lipinski definition) is 3. The Balaban J connectivity index is 0. The molecule has 0 rings (SSSR count). The van der Waals surface area contributed by atoms with Crippen molar-refractivity contribution in [1.82, 2.24) is 0 Å². The van der Waals surface area contributed by atoms with Gasteiger partial charge in [0, 0.05) is 0 Å². The molecule has 0 radical (unpaired) electrons. The number of allylic oxidation sites excluding steroid dienone is 1. The average molecular weight is 391 g/mol. The van der Waals surface area contributed by atoms with Gasteiger partial charge in [-0.3, -0.25) is 10.5 Å². The van der Waals surface area contributed by atoms with Crippen LogP contribution in [0.2, 0.25) is 0 Å². The maximum atomic E-state index is 10.5. The molecule has 0 aliphatic rings. The van der Waals surface area contributed by atoms with Crippen molar-refractivity contribution in [1.29, 1.82) is 0 Å². The molecule has 3 nitrogen and oxygen atoms in total. The van der Waals surface area contributed by atoms with Crippen LogP contribution in [-0.4, -0.2) is 19.3 Å². The fraction of sp³-hybridized carbons (Fsp3) is 0.500. The van der Waals surface area contributed by atoms with E-state index in [1.54, 1.807) is 6.92 Å². The number of aliphatic imine (C=N–C) groups is 1. The first-order valence-corrected chi connectivity index (χ1v) is 3.32. The fourth-order valence-corrected chi connectivity index (χ4v) is 0.424. The van der Waals surface area contributed by atoms with Crippen molar-refractivity contribution in [2.75, 3.05) is 7.11 Å². The molecule has 12 heavy (non-hydrogen) atoms. The molecule has 0 aromatic carbocycles. The average Bonchev–Trinajstić information content (AvgIpc) is 2.00. The summed E-state index contributed by atoms with van der Waals surface area (Å²) in [6, 6.07) is 0. The van der Waals surface area contributed by atoms with E-state index in [2.05, 4.69) is 22.0 Å². The first kappa shape index (κ1) is 14.5. The summed E-state index contributed by atoms with van der Waals surface area (Å²) in [4.78, 5) is 14.3. The third-order valence-electron chi connectivity index (χ3n) is 0.873. The summed E-state index contributed by atoms with van der Waals surface area (Å²) in [5, 5.41) is 0. The fourth-order valence-electron chi connectivity index (χ4n) is 0.424. The van der Waals surface area contributed by atoms with Crippen molar-refractivity contribution in [3.05, 3.63) is 11.8 Å². The Morgan fingerprint density at radius 2 is 2.17 bits per heavy atom. The summed E-state index contributed by atoms with van der Waals surface area (Å²) >= 11 is 0. The minimum Gasteiger partial charge on any atom is -0.496 e. The number of methoxy groups -OCH3 is 1. The quantitative estimate of drug-likeness (QED) is 0.314. The van der Waals surface area contributed by atoms with E-state index in [1.807, 2.05) is 6.92 Å². The van der Waals surface area contributed by atoms with Gasteiger partial charge in [-0.15, -0.1) is 6.92 Å². The van der Waals surface area contributed by atoms with Gasteiger partial charge in [0.15, 0.2) is 0 Å². The summed E-state index contributed by atoms with van der Waals surface area (Å²) in [5.74, 6) is -0.510. The normalized spacial score (nSPS) is 11.1. The van der Waals surface area contributed by atoms with E-state index in [-0.39, 0.29) is 31.1 Å². The van der Waals surface area contributed by atoms with Crippen molar-refractivity contribution >= 4 is 12.2 Å². The van der Waals surface area contributed by atoms with Crippen LogP contribution in [0.1, 0.15) is 20.3 Å². The molecule has 0 aromatic rings. The molecule has 0 atom stereocenters. The van der Waals surface area contributed by atoms with Gasteiger partial charge in [0.25, 0.3) is 0 Å². The molecule has 0 N–H and O–H groups in total. The molecule has 0 unspecified atom stereocenters. The van der Waals surface area contributed by atoms with Crippen LogP contribution in [0.5, 0.6) is 0 Å². The number of rotatable bonds is 3. The van der Waals surface area contributed by atoms with Crippen molar-refractivity contribution in [2.45, 2.75) is 20.3 Å². The molecule has 0 fully saturated rings. The van der Waals surface area contributed by atoms with Crippen molar-refractivity contribution < 1.29 is 40.6 Å². The minimum absolute atomic E-state index is 0. The monoisotopic (exact) mass is 391 g/mol. The van der Waals surface area contributed by atoms with Gasteiger partial charge in [0.05, 0.1) is 7.11 Å². The van der Waals surface area contributed by atoms with Crippen molar-refractivity contribution in [3.63, 3.8) is 0 Å². The van der Waals surface area contributed by atoms with Crippen LogP contribution in [0.4, 0.5) is 0 Å². The van der Waals surface area contributed by atoms with Gasteiger partial charge >= 0.3 is 31.1 Å². The van der Waals surface area contributed by atoms with E-state index >= 15 is 0 Å². The molecule has 0 saturated carbocycles. The third-order valence-corrected chi connectivity index (χ3v) is 0.873. The Kier molecular flexibility index (Phi) is 10.9. The van der Waals surface area contributed by atoms with E-state index in [4.69, 9.17) is 0 Å². The summed E-state index contributed by atoms with van der Waals surface area (Å²) in [5.41, 5.74) is 0.485. The first-order chi connectivity index (χ1) is 5.20. The van der Waals surface area contributed by atoms with Gasteiger partial charge in [0.1, 0.15) is 5.97 Å². The molecule has 0 saturated heterocycles. The van der Waals surface area contributed by atoms with E-state index in [9.17, 15) is 4.79 Å². The minimum atomic E-state index is -0.510. The summed E-state index contributed by atoms with van der Waals surface area (Å²) in [7, 11) is 1.30. The van der Waals surface area contributed by atoms with Gasteiger partial charge in [0.2, 0.25) is 0 Å². The van der Waals surface area contributed by atoms with E-state index < -0.39 is 5.97 Å². The van der Waals surface area contributed by atoms with Gasteiger partial charge in [-0.1, -0.05) is 13.3 Å². The van der Waals surface area contributed by atoms with Crippen LogP contribution < -0.4 is 0 Å². The third kappa shape index (κ3) is 8.03. The van der Waals surface area contributed by atoms with Crippen molar-refractivity contribution in [2.24, 2.45) is 4.99 Å². The maximum absolute atomic E-state index is 10.5. The predicted molar refractivity (Wildman–Crippen MR) is 42.2 cm³/mol. The van der Waals surface area contributed by atoms with E-state index in [0.29, 0.717) is 5.70 Å². The second-order valence-electron chi connectivity index (χ2n) is 1.83. The van der Waals surface area contributed by atoms with Gasteiger partial charge in [-0.2, -0.15) is 6.21 Å². The van der Waals surface area contributed by atoms with Crippen LogP contribution in [0, 0.1) is 37.2 Å². The molecular formula is C8H11NO2U. The van der Waals surface area contributed by atoms with E-state index in [1.165, 1.54) is 7.11 Å². The second kappa shape index (κ2) is 9.02. The SMILES string of the molecule is CC[C-]=NC(C)=[C-]C(=O)OC.[U+2]. The molecule has 0 spiro atoms. The zero-order valence-corrected chi connectivity index (χ0v) is 11.6. The number of carbonyl (C=O) groups excluding carboxylic acids is 1. The Hall–Kier alpha value is -0.0681. The number of hydrogen-bond donors (Lipinski definition) is 0. The predicted octanol–water partition coefficient (Wildman–Crippen LogP) is 1.22. The molecule has 0 aliphatic heterocycles. The summed E-state index contributed by atoms with van der Waals surface area (Å²) in [6.07, 6.45) is 5.81. The van der Waals surface area contributed by atoms with Gasteiger partial charge in [-0.25, -0.2) is 0 Å². The maximum Gasteiger partial charge on any atom is 2.00 e. The van der Waals surface area contributed by atoms with E-state index in [0.717, 1.165) is 6.42 Å². The molecule has 0 amide bonds. The molecule has 0 heterocycles. The molecular weight excluding hydrogens is 380 g/mol. The zero-order chi connectivity index (χ0) is 8.69. The molecule has 4 heteroatoms. The Morgan fingerprint density at radius 3 is 2.58 bits per heavy atom. The Labute approximate surface area is 96.7 Å². The topological polar surface area (TPSA) is 38.7 Å². The Bertz CT molecular complexity index is 187. The van der Waals surface area contributed by atoms with Gasteiger partial charge < -0.3 is 15.8 Å². The number of carbonyl (C=O) groups is 1. The number of ether oxygens (including phenoxy) is 1. The summed E-state index contributed by atoms with van der Waals surface area (Å²) in [6.45, 7) is 3.58. The number of nitrogens with zero attached hydrogens (tertiary/aromatic N) is 1. The zero-order valence-electron chi connectivity index (χ0n) is 7.47.